The molecule has 8 heteroatoms. The summed E-state index contributed by atoms with van der Waals surface area (Å²) < 4.78 is 2.05. The number of fused-ring (bicyclic) bond motifs is 2. The number of aromatic nitrogens is 3. The molecule has 1 saturated carbocycles. The van der Waals surface area contributed by atoms with Crippen molar-refractivity contribution in [2.75, 3.05) is 12.8 Å². The summed E-state index contributed by atoms with van der Waals surface area (Å²) in [5, 5.41) is 6.26. The number of nitrogen functional groups attached to an aromatic ring is 1. The number of allylic oxidation sites excluding steroid dienone is 1. The summed E-state index contributed by atoms with van der Waals surface area (Å²) in [5.41, 5.74) is 18.2. The molecule has 0 aromatic carbocycles. The van der Waals surface area contributed by atoms with Gasteiger partial charge in [0.15, 0.2) is 6.29 Å². The highest BCUT2D eigenvalue weighted by atomic mass is 16.1. The number of nitrogens with one attached hydrogen (secondary N) is 2. The zero-order valence-corrected chi connectivity index (χ0v) is 18.6. The minimum atomic E-state index is 0.180. The van der Waals surface area contributed by atoms with E-state index in [2.05, 4.69) is 43.3 Å². The lowest BCUT2D eigenvalue weighted by Crippen LogP contribution is -2.13. The van der Waals surface area contributed by atoms with E-state index in [1.807, 2.05) is 26.2 Å². The zero-order valence-electron chi connectivity index (χ0n) is 18.6. The molecule has 3 aromatic heterocycles. The minimum absolute atomic E-state index is 0.180. The minimum Gasteiger partial charge on any atom is -0.395 e. The highest BCUT2D eigenvalue weighted by Crippen LogP contribution is 2.39. The molecule has 2 aliphatic carbocycles. The van der Waals surface area contributed by atoms with Crippen LogP contribution in [0.15, 0.2) is 42.5 Å². The molecule has 6 N–H and O–H groups in total. The molecule has 0 radical (unpaired) electrons. The van der Waals surface area contributed by atoms with Crippen molar-refractivity contribution >= 4 is 17.8 Å². The monoisotopic (exact) mass is 433 g/mol. The third kappa shape index (κ3) is 4.91. The Morgan fingerprint density at radius 1 is 1.25 bits per heavy atom. The van der Waals surface area contributed by atoms with Crippen LogP contribution in [0.25, 0.3) is 5.65 Å². The van der Waals surface area contributed by atoms with E-state index in [0.717, 1.165) is 35.8 Å². The maximum Gasteiger partial charge on any atom is 0.167 e. The number of anilines is 1. The highest BCUT2D eigenvalue weighted by molar-refractivity contribution is 5.71. The first-order chi connectivity index (χ1) is 15.5. The van der Waals surface area contributed by atoms with Crippen LogP contribution in [-0.4, -0.2) is 27.7 Å². The van der Waals surface area contributed by atoms with Crippen molar-refractivity contribution in [1.82, 2.24) is 25.0 Å². The second-order valence-electron chi connectivity index (χ2n) is 8.47. The Morgan fingerprint density at radius 2 is 2.06 bits per heavy atom. The van der Waals surface area contributed by atoms with Crippen molar-refractivity contribution < 1.29 is 4.79 Å². The first-order valence-electron chi connectivity index (χ1n) is 11.0. The van der Waals surface area contributed by atoms with Gasteiger partial charge in [0.25, 0.3) is 0 Å². The van der Waals surface area contributed by atoms with Crippen molar-refractivity contribution in [2.45, 2.75) is 51.1 Å². The maximum absolute atomic E-state index is 10.3. The van der Waals surface area contributed by atoms with Gasteiger partial charge in [-0.05, 0) is 74.4 Å². The van der Waals surface area contributed by atoms with Gasteiger partial charge >= 0.3 is 0 Å². The van der Waals surface area contributed by atoms with Gasteiger partial charge in [0.1, 0.15) is 11.5 Å². The molecule has 32 heavy (non-hydrogen) atoms. The maximum atomic E-state index is 10.3. The van der Waals surface area contributed by atoms with E-state index in [-0.39, 0.29) is 5.70 Å². The lowest BCUT2D eigenvalue weighted by Gasteiger charge is -2.10. The molecule has 1 atom stereocenters. The summed E-state index contributed by atoms with van der Waals surface area (Å²) in [6.45, 7) is 2.54. The van der Waals surface area contributed by atoms with Gasteiger partial charge in [-0.25, -0.2) is 9.97 Å². The van der Waals surface area contributed by atoms with Gasteiger partial charge in [-0.2, -0.15) is 0 Å². The van der Waals surface area contributed by atoms with Crippen LogP contribution >= 0.6 is 0 Å². The molecule has 0 aliphatic heterocycles. The average Bonchev–Trinajstić information content (AvgIpc) is 3.42. The van der Waals surface area contributed by atoms with Gasteiger partial charge in [0.05, 0.1) is 17.9 Å². The van der Waals surface area contributed by atoms with E-state index < -0.39 is 0 Å². The highest BCUT2D eigenvalue weighted by Gasteiger charge is 2.24. The first kappa shape index (κ1) is 21.8. The Hall–Kier alpha value is -3.39. The van der Waals surface area contributed by atoms with Crippen molar-refractivity contribution in [2.24, 2.45) is 5.73 Å². The number of aldehydes is 1. The summed E-state index contributed by atoms with van der Waals surface area (Å²) in [4.78, 5) is 19.1. The normalized spacial score (nSPS) is 17.6. The molecule has 8 nitrogen and oxygen atoms in total. The number of hydrogen-bond acceptors (Lipinski definition) is 7. The van der Waals surface area contributed by atoms with Gasteiger partial charge in [-0.15, -0.1) is 0 Å². The number of hydrogen-bond donors (Lipinski definition) is 4. The molecule has 5 rings (SSSR count). The Morgan fingerprint density at radius 3 is 2.78 bits per heavy atom. The van der Waals surface area contributed by atoms with Gasteiger partial charge in [0.2, 0.25) is 0 Å². The molecular weight excluding hydrogens is 402 g/mol. The van der Waals surface area contributed by atoms with Crippen LogP contribution in [-0.2, 0) is 17.8 Å². The number of rotatable bonds is 6. The number of pyridine rings is 2. The number of carbonyl (C=O) groups excluding carboxylic acids is 1. The lowest BCUT2D eigenvalue weighted by molar-refractivity contribution is -0.105. The second kappa shape index (κ2) is 9.40. The Labute approximate surface area is 188 Å². The van der Waals surface area contributed by atoms with Crippen molar-refractivity contribution in [3.05, 3.63) is 70.6 Å². The number of aryl methyl sites for hydroxylation is 1. The molecular formula is C24H31N7O. The number of carbonyl (C=O) groups is 1. The second-order valence-corrected chi connectivity index (χ2v) is 8.47. The average molecular weight is 434 g/mol. The molecule has 0 saturated heterocycles. The van der Waals surface area contributed by atoms with Crippen LogP contribution in [0.5, 0.6) is 0 Å². The zero-order chi connectivity index (χ0) is 22.7. The molecule has 1 unspecified atom stereocenters. The van der Waals surface area contributed by atoms with Gasteiger partial charge in [-0.1, -0.05) is 6.07 Å². The number of imidazole rings is 1. The van der Waals surface area contributed by atoms with Crippen LogP contribution in [0.1, 0.15) is 59.3 Å². The topological polar surface area (TPSA) is 123 Å². The Bertz CT molecular complexity index is 1150. The van der Waals surface area contributed by atoms with Crippen molar-refractivity contribution in [3.63, 3.8) is 0 Å². The Balaban J connectivity index is 0.000000165. The van der Waals surface area contributed by atoms with Crippen LogP contribution in [0, 0.1) is 6.92 Å². The molecule has 1 fully saturated rings. The van der Waals surface area contributed by atoms with E-state index >= 15 is 0 Å². The van der Waals surface area contributed by atoms with Gasteiger partial charge in [0, 0.05) is 30.3 Å². The predicted molar refractivity (Wildman–Crippen MR) is 126 cm³/mol. The molecule has 3 heterocycles. The fourth-order valence-corrected chi connectivity index (χ4v) is 4.19. The SMILES string of the molecule is CNC1CCc2c1cc(C)nc2N.N/C(C=O)=C\NCc1cn2cc(C3CC3)ccc2n1. The quantitative estimate of drug-likeness (QED) is 0.348. The van der Waals surface area contributed by atoms with Crippen molar-refractivity contribution in [3.8, 4) is 0 Å². The first-order valence-corrected chi connectivity index (χ1v) is 11.0. The summed E-state index contributed by atoms with van der Waals surface area (Å²) in [5.74, 6) is 1.46. The van der Waals surface area contributed by atoms with E-state index in [4.69, 9.17) is 11.5 Å². The van der Waals surface area contributed by atoms with E-state index in [9.17, 15) is 4.79 Å². The van der Waals surface area contributed by atoms with Crippen LogP contribution < -0.4 is 22.1 Å². The van der Waals surface area contributed by atoms with Crippen LogP contribution in [0.4, 0.5) is 5.82 Å². The van der Waals surface area contributed by atoms with E-state index in [1.165, 1.54) is 35.7 Å². The predicted octanol–water partition coefficient (Wildman–Crippen LogP) is 2.48. The largest absolute Gasteiger partial charge is 0.395 e. The van der Waals surface area contributed by atoms with Crippen LogP contribution in [0.2, 0.25) is 0 Å². The molecule has 0 bridgehead atoms. The van der Waals surface area contributed by atoms with E-state index in [0.29, 0.717) is 24.7 Å². The summed E-state index contributed by atoms with van der Waals surface area (Å²) in [6.07, 6.45) is 11.0. The molecule has 2 aliphatic rings. The molecule has 168 valence electrons. The van der Waals surface area contributed by atoms with Gasteiger partial charge < -0.3 is 26.5 Å². The number of nitrogens with two attached hydrogens (primary N) is 2. The number of nitrogens with zero attached hydrogens (tertiary/aromatic N) is 3. The molecule has 3 aromatic rings. The molecule has 0 amide bonds. The summed E-state index contributed by atoms with van der Waals surface area (Å²) in [6, 6.07) is 6.81. The van der Waals surface area contributed by atoms with E-state index in [1.54, 1.807) is 0 Å². The lowest BCUT2D eigenvalue weighted by atomic mass is 10.1. The van der Waals surface area contributed by atoms with Crippen molar-refractivity contribution in [1.29, 1.82) is 0 Å². The summed E-state index contributed by atoms with van der Waals surface area (Å²) >= 11 is 0. The summed E-state index contributed by atoms with van der Waals surface area (Å²) in [7, 11) is 1.99. The third-order valence-electron chi connectivity index (χ3n) is 5.99. The fourth-order valence-electron chi connectivity index (χ4n) is 4.19. The molecule has 0 spiro atoms. The fraction of sp³-hybridized carbons (Fsp3) is 0.375. The smallest absolute Gasteiger partial charge is 0.167 e. The Kier molecular flexibility index (Phi) is 6.41. The van der Waals surface area contributed by atoms with Crippen LogP contribution in [0.3, 0.4) is 0 Å². The third-order valence-corrected chi connectivity index (χ3v) is 5.99. The standard InChI is InChI=1S/C14H16N4O.C10H15N3/c15-12(9-19)5-16-6-13-8-18-7-11(10-1-2-10)3-4-14(18)17-13;1-6-5-8-7(10(11)13-6)3-4-9(8)12-2/h3-5,7-10,16H,1-2,6,15H2;5,9,12H,3-4H2,1-2H3,(H2,11,13)/b12-5-;. The van der Waals surface area contributed by atoms with Gasteiger partial charge in [-0.3, -0.25) is 4.79 Å².